The van der Waals surface area contributed by atoms with E-state index in [-0.39, 0.29) is 48.9 Å². The summed E-state index contributed by atoms with van der Waals surface area (Å²) in [7, 11) is -4.02. The molecular weight excluding hydrogens is 734 g/mol. The Morgan fingerprint density at radius 2 is 1.93 bits per heavy atom. The van der Waals surface area contributed by atoms with Crippen molar-refractivity contribution in [2.24, 2.45) is 5.92 Å². The van der Waals surface area contributed by atoms with Crippen molar-refractivity contribution < 1.29 is 41.2 Å². The summed E-state index contributed by atoms with van der Waals surface area (Å²) in [6.45, 7) is 6.91. The van der Waals surface area contributed by atoms with Crippen LogP contribution in [0.15, 0.2) is 40.9 Å². The van der Waals surface area contributed by atoms with Gasteiger partial charge >= 0.3 is 0 Å². The van der Waals surface area contributed by atoms with Crippen LogP contribution in [0.2, 0.25) is 0 Å². The molecule has 4 aliphatic rings. The Hall–Kier alpha value is -4.93. The first-order valence-electron chi connectivity index (χ1n) is 18.8. The molecular formula is C38H46FN7O8S. The number of hydrogen-bond acceptors (Lipinski definition) is 11. The maximum Gasteiger partial charge on any atom is 0.290 e. The van der Waals surface area contributed by atoms with Gasteiger partial charge in [-0.25, -0.2) is 22.8 Å². The predicted molar refractivity (Wildman–Crippen MR) is 197 cm³/mol. The molecule has 1 aromatic carbocycles. The number of para-hydroxylation sites is 1. The quantitative estimate of drug-likeness (QED) is 0.281. The Kier molecular flexibility index (Phi) is 10.2. The van der Waals surface area contributed by atoms with Gasteiger partial charge < -0.3 is 24.8 Å². The van der Waals surface area contributed by atoms with Gasteiger partial charge in [-0.15, -0.1) is 0 Å². The van der Waals surface area contributed by atoms with E-state index in [1.807, 2.05) is 26.0 Å². The van der Waals surface area contributed by atoms with Crippen molar-refractivity contribution in [2.45, 2.75) is 120 Å². The van der Waals surface area contributed by atoms with E-state index in [9.17, 15) is 32.0 Å². The number of nitrogens with one attached hydrogen (secondary N) is 3. The zero-order valence-electron chi connectivity index (χ0n) is 31.3. The van der Waals surface area contributed by atoms with Crippen molar-refractivity contribution in [3.63, 3.8) is 0 Å². The fourth-order valence-electron chi connectivity index (χ4n) is 7.23. The van der Waals surface area contributed by atoms with E-state index in [4.69, 9.17) is 9.26 Å². The van der Waals surface area contributed by atoms with E-state index < -0.39 is 73.9 Å². The minimum Gasteiger partial charge on any atom is -0.471 e. The Morgan fingerprint density at radius 1 is 1.15 bits per heavy atom. The number of halogens is 1. The zero-order valence-corrected chi connectivity index (χ0v) is 32.1. The van der Waals surface area contributed by atoms with Gasteiger partial charge in [-0.1, -0.05) is 50.1 Å². The second kappa shape index (κ2) is 14.6. The Morgan fingerprint density at radius 3 is 2.65 bits per heavy atom. The molecule has 1 saturated heterocycles. The highest BCUT2D eigenvalue weighted by Crippen LogP contribution is 2.47. The highest BCUT2D eigenvalue weighted by molar-refractivity contribution is 7.91. The zero-order chi connectivity index (χ0) is 39.3. The van der Waals surface area contributed by atoms with E-state index in [1.165, 1.54) is 23.1 Å². The lowest BCUT2D eigenvalue weighted by Crippen LogP contribution is -2.58. The predicted octanol–water partition coefficient (Wildman–Crippen LogP) is 3.73. The average molecular weight is 780 g/mol. The number of carbonyl (C=O) groups is 4. The first-order chi connectivity index (χ1) is 26.1. The number of carbonyl (C=O) groups excluding carboxylic acids is 4. The van der Waals surface area contributed by atoms with Crippen LogP contribution in [0.25, 0.3) is 11.0 Å². The van der Waals surface area contributed by atoms with Gasteiger partial charge in [0.15, 0.2) is 5.82 Å². The molecule has 294 valence electrons. The number of benzene rings is 1. The van der Waals surface area contributed by atoms with E-state index in [0.29, 0.717) is 42.6 Å². The number of fused-ring (bicyclic) bond motifs is 3. The van der Waals surface area contributed by atoms with Gasteiger partial charge in [0.2, 0.25) is 33.5 Å². The van der Waals surface area contributed by atoms with Crippen molar-refractivity contribution in [3.05, 3.63) is 59.4 Å². The van der Waals surface area contributed by atoms with Crippen molar-refractivity contribution in [1.29, 1.82) is 0 Å². The largest absolute Gasteiger partial charge is 0.471 e. The topological polar surface area (TPSA) is 203 Å². The molecule has 2 saturated carbocycles. The molecule has 4 heterocycles. The summed E-state index contributed by atoms with van der Waals surface area (Å²) in [5.74, 6) is -3.83. The first kappa shape index (κ1) is 38.3. The van der Waals surface area contributed by atoms with Gasteiger partial charge in [0.1, 0.15) is 34.9 Å². The van der Waals surface area contributed by atoms with E-state index in [1.54, 1.807) is 19.9 Å². The van der Waals surface area contributed by atoms with Crippen LogP contribution in [0.5, 0.6) is 5.88 Å². The van der Waals surface area contributed by atoms with E-state index >= 15 is 0 Å². The number of aryl methyl sites for hydroxylation is 1. The third-order valence-electron chi connectivity index (χ3n) is 11.2. The number of hydrogen-bond donors (Lipinski definition) is 3. The molecule has 2 aromatic heterocycles. The molecule has 3 N–H and O–H groups in total. The maximum absolute atomic E-state index is 14.7. The monoisotopic (exact) mass is 779 g/mol. The van der Waals surface area contributed by atoms with Crippen LogP contribution in [-0.4, -0.2) is 87.1 Å². The fraction of sp³-hybridized carbons (Fsp3) is 0.553. The Bertz CT molecular complexity index is 2170. The summed E-state index contributed by atoms with van der Waals surface area (Å²) >= 11 is 0. The fourth-order valence-corrected chi connectivity index (χ4v) is 8.54. The lowest BCUT2D eigenvalue weighted by Gasteiger charge is -2.29. The molecule has 2 aliphatic carbocycles. The van der Waals surface area contributed by atoms with Crippen LogP contribution < -0.4 is 20.1 Å². The third-order valence-corrected chi connectivity index (χ3v) is 13.3. The third kappa shape index (κ3) is 7.67. The van der Waals surface area contributed by atoms with Gasteiger partial charge in [0.25, 0.3) is 11.8 Å². The SMILES string of the molecule is Cc1nc2cccc(F)c2nc1O[C@@H]1C[C@H]2C(=O)N[C@]3(C(=O)NS(=O)(=O)C4(C)CC4)C[C@H]3C=CCCCCC[C@H](NC(=O)c3cc(C(C)C)no3)C(=O)N2C1. The van der Waals surface area contributed by atoms with Crippen molar-refractivity contribution in [2.75, 3.05) is 6.54 Å². The number of rotatable bonds is 8. The van der Waals surface area contributed by atoms with Crippen LogP contribution in [0.3, 0.4) is 0 Å². The summed E-state index contributed by atoms with van der Waals surface area (Å²) in [5.41, 5.74) is -0.295. The van der Waals surface area contributed by atoms with Crippen molar-refractivity contribution in [3.8, 4) is 5.88 Å². The second-order valence-corrected chi connectivity index (χ2v) is 17.9. The second-order valence-electron chi connectivity index (χ2n) is 15.7. The molecule has 15 nitrogen and oxygen atoms in total. The van der Waals surface area contributed by atoms with Crippen LogP contribution >= 0.6 is 0 Å². The number of allylic oxidation sites excluding steroid dienone is 1. The lowest BCUT2D eigenvalue weighted by atomic mass is 10.0. The highest BCUT2D eigenvalue weighted by Gasteiger charge is 2.63. The summed E-state index contributed by atoms with van der Waals surface area (Å²) < 4.78 is 53.7. The maximum atomic E-state index is 14.7. The van der Waals surface area contributed by atoms with Gasteiger partial charge in [-0.2, -0.15) is 0 Å². The number of nitrogens with zero attached hydrogens (tertiary/aromatic N) is 4. The van der Waals surface area contributed by atoms with Crippen LogP contribution in [0.4, 0.5) is 4.39 Å². The minimum absolute atomic E-state index is 0.000917. The number of amides is 4. The number of ether oxygens (including phenoxy) is 1. The molecule has 17 heteroatoms. The molecule has 0 spiro atoms. The van der Waals surface area contributed by atoms with Gasteiger partial charge in [0, 0.05) is 18.4 Å². The summed E-state index contributed by atoms with van der Waals surface area (Å²) in [4.78, 5) is 66.4. The Labute approximate surface area is 318 Å². The summed E-state index contributed by atoms with van der Waals surface area (Å²) in [6.07, 6.45) is 6.85. The first-order valence-corrected chi connectivity index (χ1v) is 20.3. The van der Waals surface area contributed by atoms with Crippen LogP contribution in [0, 0.1) is 18.7 Å². The minimum atomic E-state index is -4.02. The number of aromatic nitrogens is 3. The smallest absolute Gasteiger partial charge is 0.290 e. The van der Waals surface area contributed by atoms with Crippen molar-refractivity contribution in [1.82, 2.24) is 35.4 Å². The summed E-state index contributed by atoms with van der Waals surface area (Å²) in [5, 5.41) is 9.61. The molecule has 0 unspecified atom stereocenters. The molecule has 0 bridgehead atoms. The molecule has 7 rings (SSSR count). The number of sulfonamides is 1. The van der Waals surface area contributed by atoms with E-state index in [2.05, 4.69) is 30.5 Å². The van der Waals surface area contributed by atoms with Crippen LogP contribution in [-0.2, 0) is 24.4 Å². The lowest BCUT2D eigenvalue weighted by molar-refractivity contribution is -0.141. The average Bonchev–Trinajstić information content (AvgIpc) is 3.90. The molecule has 3 fully saturated rings. The molecule has 2 aliphatic heterocycles. The standard InChI is InChI=1S/C38H46FN7O8S/c1-21(2)28-18-30(54-44-28)33(48)41-27-13-9-7-5-6-8-11-23-19-38(23,36(50)45-55(51,52)37(4)15-16-37)43-32(47)29-17-24(20-46(29)35(27)49)53-34-22(3)40-26-14-10-12-25(39)31(26)42-34/h8,10-12,14,18,21,23-24,27,29H,5-7,9,13,15-17,19-20H2,1-4H3,(H,41,48)(H,43,47)(H,45,50)/t23-,24-,27+,29+,38-/m1/s1. The summed E-state index contributed by atoms with van der Waals surface area (Å²) in [6, 6.07) is 3.66. The van der Waals surface area contributed by atoms with Gasteiger partial charge in [-0.05, 0) is 70.4 Å². The van der Waals surface area contributed by atoms with Crippen LogP contribution in [0.1, 0.15) is 106 Å². The van der Waals surface area contributed by atoms with Gasteiger partial charge in [0.05, 0.1) is 22.5 Å². The molecule has 4 amide bonds. The highest BCUT2D eigenvalue weighted by atomic mass is 32.2. The molecule has 5 atom stereocenters. The normalized spacial score (nSPS) is 26.7. The molecule has 55 heavy (non-hydrogen) atoms. The van der Waals surface area contributed by atoms with Gasteiger partial charge in [-0.3, -0.25) is 23.9 Å². The molecule has 0 radical (unpaired) electrons. The Balaban J connectivity index is 1.20. The van der Waals surface area contributed by atoms with Crippen molar-refractivity contribution >= 4 is 44.7 Å². The van der Waals surface area contributed by atoms with E-state index in [0.717, 1.165) is 12.8 Å². The molecule has 3 aromatic rings.